The number of anilines is 1. The van der Waals surface area contributed by atoms with Gasteiger partial charge in [-0.2, -0.15) is 0 Å². The lowest BCUT2D eigenvalue weighted by Crippen LogP contribution is -2.38. The number of aromatic nitrogens is 1. The van der Waals surface area contributed by atoms with E-state index in [0.717, 1.165) is 19.5 Å². The van der Waals surface area contributed by atoms with E-state index in [1.807, 2.05) is 0 Å². The van der Waals surface area contributed by atoms with Crippen molar-refractivity contribution >= 4 is 15.7 Å². The van der Waals surface area contributed by atoms with Gasteiger partial charge in [0.2, 0.25) is 0 Å². The van der Waals surface area contributed by atoms with E-state index in [4.69, 9.17) is 0 Å². The second-order valence-electron chi connectivity index (χ2n) is 5.78. The molecule has 1 N–H and O–H groups in total. The maximum absolute atomic E-state index is 11.7. The summed E-state index contributed by atoms with van der Waals surface area (Å²) in [5, 5.41) is 3.16. The minimum absolute atomic E-state index is 0.274. The molecule has 1 saturated heterocycles. The first-order valence-corrected chi connectivity index (χ1v) is 9.50. The number of hydrogen-bond acceptors (Lipinski definition) is 5. The van der Waals surface area contributed by atoms with Crippen LogP contribution in [0.15, 0.2) is 23.2 Å². The van der Waals surface area contributed by atoms with Gasteiger partial charge in [-0.3, -0.25) is 0 Å². The summed E-state index contributed by atoms with van der Waals surface area (Å²) in [6.45, 7) is 5.25. The normalized spacial score (nSPS) is 20.4. The second-order valence-corrected chi connectivity index (χ2v) is 7.77. The highest BCUT2D eigenvalue weighted by Gasteiger charge is 2.17. The molecule has 118 valence electrons. The lowest BCUT2D eigenvalue weighted by atomic mass is 10.0. The summed E-state index contributed by atoms with van der Waals surface area (Å²) < 4.78 is 23.4. The summed E-state index contributed by atoms with van der Waals surface area (Å²) in [6, 6.07) is 3.91. The largest absolute Gasteiger partial charge is 0.369 e. The predicted octanol–water partition coefficient (Wildman–Crippen LogP) is 2.16. The molecule has 0 spiro atoms. The van der Waals surface area contributed by atoms with E-state index in [-0.39, 0.29) is 4.90 Å². The highest BCUT2D eigenvalue weighted by atomic mass is 32.2. The number of likely N-dealkylation sites (tertiary alicyclic amines) is 1. The zero-order valence-corrected chi connectivity index (χ0v) is 13.7. The van der Waals surface area contributed by atoms with Crippen LogP contribution in [0.1, 0.15) is 32.6 Å². The third-order valence-electron chi connectivity index (χ3n) is 4.03. The van der Waals surface area contributed by atoms with Gasteiger partial charge in [-0.15, -0.1) is 0 Å². The molecule has 1 aliphatic heterocycles. The Morgan fingerprint density at radius 2 is 2.24 bits per heavy atom. The smallest absolute Gasteiger partial charge is 0.179 e. The Morgan fingerprint density at radius 1 is 1.43 bits per heavy atom. The molecule has 5 nitrogen and oxygen atoms in total. The molecule has 0 bridgehead atoms. The molecule has 0 saturated carbocycles. The Hall–Kier alpha value is -1.14. The van der Waals surface area contributed by atoms with Crippen LogP contribution in [0, 0.1) is 0 Å². The molecule has 1 aromatic heterocycles. The van der Waals surface area contributed by atoms with Crippen molar-refractivity contribution in [1.82, 2.24) is 9.88 Å². The minimum Gasteiger partial charge on any atom is -0.369 e. The van der Waals surface area contributed by atoms with Crippen molar-refractivity contribution in [3.05, 3.63) is 18.3 Å². The van der Waals surface area contributed by atoms with Crippen LogP contribution in [0.4, 0.5) is 5.82 Å². The molecule has 1 fully saturated rings. The van der Waals surface area contributed by atoms with E-state index >= 15 is 0 Å². The van der Waals surface area contributed by atoms with Crippen molar-refractivity contribution in [2.45, 2.75) is 43.5 Å². The number of nitrogens with zero attached hydrogens (tertiary/aromatic N) is 2. The van der Waals surface area contributed by atoms with Crippen LogP contribution < -0.4 is 5.32 Å². The number of pyridine rings is 1. The fraction of sp³-hybridized carbons (Fsp3) is 0.667. The van der Waals surface area contributed by atoms with Gasteiger partial charge in [-0.25, -0.2) is 13.4 Å². The average molecular weight is 311 g/mol. The summed E-state index contributed by atoms with van der Waals surface area (Å²) in [7, 11) is -3.24. The van der Waals surface area contributed by atoms with Crippen LogP contribution in [-0.2, 0) is 9.84 Å². The second kappa shape index (κ2) is 7.22. The zero-order chi connectivity index (χ0) is 15.3. The lowest BCUT2D eigenvalue weighted by molar-refractivity contribution is 0.160. The number of piperidine rings is 1. The molecule has 0 aromatic carbocycles. The van der Waals surface area contributed by atoms with Crippen LogP contribution in [0.5, 0.6) is 0 Å². The van der Waals surface area contributed by atoms with E-state index in [9.17, 15) is 8.42 Å². The predicted molar refractivity (Wildman–Crippen MR) is 85.3 cm³/mol. The molecule has 21 heavy (non-hydrogen) atoms. The molecular weight excluding hydrogens is 286 g/mol. The molecule has 1 aliphatic rings. The van der Waals surface area contributed by atoms with E-state index < -0.39 is 9.84 Å². The molecule has 1 aromatic rings. The van der Waals surface area contributed by atoms with Crippen LogP contribution in [-0.4, -0.2) is 50.2 Å². The highest BCUT2D eigenvalue weighted by molar-refractivity contribution is 7.90. The third kappa shape index (κ3) is 4.68. The zero-order valence-electron chi connectivity index (χ0n) is 12.9. The topological polar surface area (TPSA) is 62.3 Å². The number of sulfone groups is 1. The Balaban J connectivity index is 1.84. The van der Waals surface area contributed by atoms with Crippen LogP contribution in [0.3, 0.4) is 0 Å². The first kappa shape index (κ1) is 16.2. The van der Waals surface area contributed by atoms with Gasteiger partial charge >= 0.3 is 0 Å². The fourth-order valence-corrected chi connectivity index (χ4v) is 3.60. The molecule has 6 heteroatoms. The summed E-state index contributed by atoms with van der Waals surface area (Å²) in [5.74, 6) is 0.465. The number of nitrogens with one attached hydrogen (secondary N) is 1. The standard InChI is InChI=1S/C15H25N3O2S/c1-13-7-3-4-11-18(13)12-6-10-17-15-14(21(2,19)20)8-5-9-16-15/h5,8-9,13H,3-4,6-7,10-12H2,1-2H3,(H,16,17). The van der Waals surface area contributed by atoms with Gasteiger partial charge < -0.3 is 10.2 Å². The number of hydrogen-bond donors (Lipinski definition) is 1. The van der Waals surface area contributed by atoms with E-state index in [2.05, 4.69) is 22.1 Å². The van der Waals surface area contributed by atoms with Gasteiger partial charge in [0.1, 0.15) is 10.7 Å². The quantitative estimate of drug-likeness (QED) is 0.816. The molecule has 2 heterocycles. The van der Waals surface area contributed by atoms with Crippen molar-refractivity contribution < 1.29 is 8.42 Å². The number of rotatable bonds is 6. The Labute approximate surface area is 127 Å². The Morgan fingerprint density at radius 3 is 2.95 bits per heavy atom. The molecule has 2 rings (SSSR count). The summed E-state index contributed by atoms with van der Waals surface area (Å²) in [4.78, 5) is 6.93. The van der Waals surface area contributed by atoms with Gasteiger partial charge in [0.25, 0.3) is 0 Å². The van der Waals surface area contributed by atoms with Gasteiger partial charge in [-0.05, 0) is 44.9 Å². The van der Waals surface area contributed by atoms with E-state index in [1.54, 1.807) is 18.3 Å². The maximum atomic E-state index is 11.7. The maximum Gasteiger partial charge on any atom is 0.179 e. The van der Waals surface area contributed by atoms with Crippen molar-refractivity contribution in [2.75, 3.05) is 31.2 Å². The van der Waals surface area contributed by atoms with Crippen molar-refractivity contribution in [3.8, 4) is 0 Å². The SMILES string of the molecule is CC1CCCCN1CCCNc1ncccc1S(C)(=O)=O. The minimum atomic E-state index is -3.24. The molecule has 0 radical (unpaired) electrons. The summed E-state index contributed by atoms with van der Waals surface area (Å²) in [6.07, 6.45) is 7.72. The monoisotopic (exact) mass is 311 g/mol. The van der Waals surface area contributed by atoms with E-state index in [1.165, 1.54) is 32.1 Å². The van der Waals surface area contributed by atoms with Gasteiger partial charge in [0, 0.05) is 31.6 Å². The first-order chi connectivity index (χ1) is 9.98. The average Bonchev–Trinajstić information content (AvgIpc) is 2.45. The van der Waals surface area contributed by atoms with Gasteiger partial charge in [-0.1, -0.05) is 6.42 Å². The van der Waals surface area contributed by atoms with Crippen LogP contribution in [0.2, 0.25) is 0 Å². The first-order valence-electron chi connectivity index (χ1n) is 7.61. The lowest BCUT2D eigenvalue weighted by Gasteiger charge is -2.33. The van der Waals surface area contributed by atoms with Crippen molar-refractivity contribution in [1.29, 1.82) is 0 Å². The summed E-state index contributed by atoms with van der Waals surface area (Å²) in [5.41, 5.74) is 0. The highest BCUT2D eigenvalue weighted by Crippen LogP contribution is 2.18. The van der Waals surface area contributed by atoms with Crippen molar-refractivity contribution in [2.24, 2.45) is 0 Å². The van der Waals surface area contributed by atoms with Crippen LogP contribution >= 0.6 is 0 Å². The van der Waals surface area contributed by atoms with E-state index in [0.29, 0.717) is 11.9 Å². The third-order valence-corrected chi connectivity index (χ3v) is 5.15. The molecule has 1 atom stereocenters. The van der Waals surface area contributed by atoms with Gasteiger partial charge in [0.05, 0.1) is 0 Å². The Kier molecular flexibility index (Phi) is 5.58. The molecule has 1 unspecified atom stereocenters. The van der Waals surface area contributed by atoms with Gasteiger partial charge in [0.15, 0.2) is 9.84 Å². The molecular formula is C15H25N3O2S. The van der Waals surface area contributed by atoms with Crippen LogP contribution in [0.25, 0.3) is 0 Å². The summed E-state index contributed by atoms with van der Waals surface area (Å²) >= 11 is 0. The molecule has 0 aliphatic carbocycles. The fourth-order valence-electron chi connectivity index (χ4n) is 2.80. The molecule has 0 amide bonds. The Bertz CT molecular complexity index is 560. The van der Waals surface area contributed by atoms with Crippen molar-refractivity contribution in [3.63, 3.8) is 0 Å².